The third-order valence-corrected chi connectivity index (χ3v) is 4.73. The van der Waals surface area contributed by atoms with Crippen LogP contribution in [0.4, 0.5) is 10.3 Å². The van der Waals surface area contributed by atoms with Crippen molar-refractivity contribution in [1.29, 1.82) is 0 Å². The van der Waals surface area contributed by atoms with Crippen LogP contribution >= 0.6 is 11.6 Å². The van der Waals surface area contributed by atoms with Crippen molar-refractivity contribution in [1.82, 2.24) is 9.97 Å². The highest BCUT2D eigenvalue weighted by Gasteiger charge is 2.27. The minimum absolute atomic E-state index is 0.116. The first kappa shape index (κ1) is 15.5. The van der Waals surface area contributed by atoms with Gasteiger partial charge in [0.2, 0.25) is 5.95 Å². The van der Waals surface area contributed by atoms with Crippen molar-refractivity contribution in [2.45, 2.75) is 4.90 Å². The molecule has 0 saturated carbocycles. The molecule has 9 heteroatoms. The molecule has 6 nitrogen and oxygen atoms in total. The van der Waals surface area contributed by atoms with E-state index in [4.69, 9.17) is 16.3 Å². The second kappa shape index (κ2) is 5.82. The van der Waals surface area contributed by atoms with Crippen LogP contribution < -0.4 is 9.04 Å². The van der Waals surface area contributed by atoms with Crippen LogP contribution in [0.1, 0.15) is 0 Å². The molecule has 0 aliphatic carbocycles. The summed E-state index contributed by atoms with van der Waals surface area (Å²) in [7, 11) is -1.51. The van der Waals surface area contributed by atoms with Crippen LogP contribution in [0.3, 0.4) is 0 Å². The summed E-state index contributed by atoms with van der Waals surface area (Å²) in [6, 6.07) is 3.73. The van der Waals surface area contributed by atoms with E-state index in [0.717, 1.165) is 10.4 Å². The standard InChI is InChI=1S/C12H11ClFN3O3S/c1-17(12-15-6-8(20-2)7-16-12)21(18,19)10-5-3-4-9(13)11(10)14/h3-7H,1-2H3. The molecule has 1 aromatic carbocycles. The summed E-state index contributed by atoms with van der Waals surface area (Å²) < 4.78 is 44.3. The van der Waals surface area contributed by atoms with E-state index in [0.29, 0.717) is 5.75 Å². The first-order valence-corrected chi connectivity index (χ1v) is 7.48. The summed E-state index contributed by atoms with van der Waals surface area (Å²) in [5, 5.41) is -0.278. The SMILES string of the molecule is COc1cnc(N(C)S(=O)(=O)c2cccc(Cl)c2F)nc1. The molecule has 0 N–H and O–H groups in total. The van der Waals surface area contributed by atoms with Gasteiger partial charge in [-0.15, -0.1) is 0 Å². The Kier molecular flexibility index (Phi) is 4.29. The number of sulfonamides is 1. The molecular weight excluding hydrogens is 321 g/mol. The molecule has 2 rings (SSSR count). The highest BCUT2D eigenvalue weighted by molar-refractivity contribution is 7.92. The Balaban J connectivity index is 2.44. The first-order valence-electron chi connectivity index (χ1n) is 5.67. The smallest absolute Gasteiger partial charge is 0.269 e. The molecule has 0 aliphatic rings. The van der Waals surface area contributed by atoms with Gasteiger partial charge in [-0.25, -0.2) is 27.1 Å². The van der Waals surface area contributed by atoms with E-state index >= 15 is 0 Å². The Morgan fingerprint density at radius 2 is 1.90 bits per heavy atom. The lowest BCUT2D eigenvalue weighted by Crippen LogP contribution is -2.29. The summed E-state index contributed by atoms with van der Waals surface area (Å²) in [6.45, 7) is 0. The number of hydrogen-bond acceptors (Lipinski definition) is 5. The molecule has 0 aliphatic heterocycles. The maximum atomic E-state index is 13.9. The maximum absolute atomic E-state index is 13.9. The molecule has 0 amide bonds. The zero-order valence-corrected chi connectivity index (χ0v) is 12.7. The van der Waals surface area contributed by atoms with Crippen molar-refractivity contribution in [2.24, 2.45) is 0 Å². The molecule has 0 unspecified atom stereocenters. The van der Waals surface area contributed by atoms with Gasteiger partial charge in [0.15, 0.2) is 11.6 Å². The Hall–Kier alpha value is -1.93. The van der Waals surface area contributed by atoms with Gasteiger partial charge in [-0.1, -0.05) is 17.7 Å². The lowest BCUT2D eigenvalue weighted by atomic mass is 10.3. The van der Waals surface area contributed by atoms with Gasteiger partial charge in [0.05, 0.1) is 24.5 Å². The Labute approximate surface area is 126 Å². The van der Waals surface area contributed by atoms with E-state index in [-0.39, 0.29) is 11.0 Å². The quantitative estimate of drug-likeness (QED) is 0.858. The molecule has 0 bridgehead atoms. The monoisotopic (exact) mass is 331 g/mol. The van der Waals surface area contributed by atoms with Gasteiger partial charge in [0.25, 0.3) is 10.0 Å². The van der Waals surface area contributed by atoms with Crippen LogP contribution in [0, 0.1) is 5.82 Å². The molecule has 0 radical (unpaired) electrons. The molecular formula is C12H11ClFN3O3S. The van der Waals surface area contributed by atoms with E-state index in [2.05, 4.69) is 9.97 Å². The average Bonchev–Trinajstić information content (AvgIpc) is 2.49. The van der Waals surface area contributed by atoms with E-state index < -0.39 is 20.7 Å². The van der Waals surface area contributed by atoms with E-state index in [1.54, 1.807) is 0 Å². The van der Waals surface area contributed by atoms with Crippen LogP contribution in [0.15, 0.2) is 35.5 Å². The summed E-state index contributed by atoms with van der Waals surface area (Å²) >= 11 is 5.60. The Morgan fingerprint density at radius 3 is 2.48 bits per heavy atom. The van der Waals surface area contributed by atoms with Crippen LogP contribution in [0.2, 0.25) is 5.02 Å². The molecule has 0 spiro atoms. The lowest BCUT2D eigenvalue weighted by molar-refractivity contribution is 0.411. The number of hydrogen-bond donors (Lipinski definition) is 0. The van der Waals surface area contributed by atoms with Crippen LogP contribution in [0.5, 0.6) is 5.75 Å². The zero-order valence-electron chi connectivity index (χ0n) is 11.1. The molecule has 0 atom stereocenters. The summed E-state index contributed by atoms with van der Waals surface area (Å²) in [6.07, 6.45) is 2.62. The minimum atomic E-state index is -4.16. The fourth-order valence-corrected chi connectivity index (χ4v) is 2.94. The number of nitrogens with zero attached hydrogens (tertiary/aromatic N) is 3. The fraction of sp³-hybridized carbons (Fsp3) is 0.167. The first-order chi connectivity index (χ1) is 9.87. The third-order valence-electron chi connectivity index (χ3n) is 2.69. The zero-order chi connectivity index (χ0) is 15.6. The van der Waals surface area contributed by atoms with Crippen molar-refractivity contribution in [3.05, 3.63) is 41.4 Å². The highest BCUT2D eigenvalue weighted by atomic mass is 35.5. The van der Waals surface area contributed by atoms with Gasteiger partial charge in [-0.3, -0.25) is 0 Å². The molecule has 0 saturated heterocycles. The number of halogens is 2. The van der Waals surface area contributed by atoms with Gasteiger partial charge in [-0.2, -0.15) is 0 Å². The van der Waals surface area contributed by atoms with Crippen molar-refractivity contribution < 1.29 is 17.5 Å². The molecule has 1 aromatic heterocycles. The number of benzene rings is 1. The number of anilines is 1. The van der Waals surface area contributed by atoms with Gasteiger partial charge >= 0.3 is 0 Å². The second-order valence-corrected chi connectivity index (χ2v) is 6.29. The largest absolute Gasteiger partial charge is 0.494 e. The number of ether oxygens (including phenoxy) is 1. The summed E-state index contributed by atoms with van der Waals surface area (Å²) in [5.41, 5.74) is 0. The van der Waals surface area contributed by atoms with E-state index in [1.165, 1.54) is 38.7 Å². The molecule has 21 heavy (non-hydrogen) atoms. The van der Waals surface area contributed by atoms with E-state index in [9.17, 15) is 12.8 Å². The van der Waals surface area contributed by atoms with Crippen molar-refractivity contribution in [2.75, 3.05) is 18.5 Å². The third kappa shape index (κ3) is 2.91. The minimum Gasteiger partial charge on any atom is -0.494 e. The van der Waals surface area contributed by atoms with Crippen molar-refractivity contribution in [3.8, 4) is 5.75 Å². The summed E-state index contributed by atoms with van der Waals surface area (Å²) in [5.74, 6) is -0.756. The normalized spacial score (nSPS) is 11.2. The Morgan fingerprint density at radius 1 is 1.29 bits per heavy atom. The molecule has 1 heterocycles. The fourth-order valence-electron chi connectivity index (χ4n) is 1.52. The van der Waals surface area contributed by atoms with Gasteiger partial charge < -0.3 is 4.74 Å². The molecule has 112 valence electrons. The lowest BCUT2D eigenvalue weighted by Gasteiger charge is -2.17. The Bertz CT molecular complexity index is 753. The van der Waals surface area contributed by atoms with Crippen LogP contribution in [-0.2, 0) is 10.0 Å². The van der Waals surface area contributed by atoms with E-state index in [1.807, 2.05) is 0 Å². The van der Waals surface area contributed by atoms with Gasteiger partial charge in [0, 0.05) is 7.05 Å². The topological polar surface area (TPSA) is 72.4 Å². The predicted molar refractivity (Wildman–Crippen MR) is 75.6 cm³/mol. The van der Waals surface area contributed by atoms with Gasteiger partial charge in [0.1, 0.15) is 4.90 Å². The number of aromatic nitrogens is 2. The molecule has 0 fully saturated rings. The molecule has 2 aromatic rings. The van der Waals surface area contributed by atoms with Crippen molar-refractivity contribution in [3.63, 3.8) is 0 Å². The number of methoxy groups -OCH3 is 1. The predicted octanol–water partition coefficient (Wildman–Crippen LogP) is 2.10. The van der Waals surface area contributed by atoms with Crippen molar-refractivity contribution >= 4 is 27.6 Å². The summed E-state index contributed by atoms with van der Waals surface area (Å²) in [4.78, 5) is 7.15. The van der Waals surface area contributed by atoms with Gasteiger partial charge in [-0.05, 0) is 12.1 Å². The average molecular weight is 332 g/mol. The highest BCUT2D eigenvalue weighted by Crippen LogP contribution is 2.26. The van der Waals surface area contributed by atoms with Crippen LogP contribution in [-0.4, -0.2) is 32.5 Å². The second-order valence-electron chi connectivity index (χ2n) is 3.95. The van der Waals surface area contributed by atoms with Crippen LogP contribution in [0.25, 0.3) is 0 Å². The maximum Gasteiger partial charge on any atom is 0.269 e. The number of rotatable bonds is 4.